The van der Waals surface area contributed by atoms with Crippen molar-refractivity contribution < 1.29 is 14.6 Å². The van der Waals surface area contributed by atoms with E-state index in [4.69, 9.17) is 15.6 Å². The third-order valence-corrected chi connectivity index (χ3v) is 3.24. The van der Waals surface area contributed by atoms with Gasteiger partial charge in [-0.15, -0.1) is 0 Å². The van der Waals surface area contributed by atoms with Gasteiger partial charge in [-0.3, -0.25) is 4.79 Å². The maximum Gasteiger partial charge on any atom is 0.312 e. The highest BCUT2D eigenvalue weighted by Crippen LogP contribution is 2.44. The molecule has 74 valence electrons. The molecule has 4 nitrogen and oxygen atoms in total. The monoisotopic (exact) mass is 185 g/mol. The molecule has 0 aromatic rings. The Hall–Kier alpha value is -0.610. The normalized spacial score (nSPS) is 44.4. The molecule has 2 atom stereocenters. The zero-order chi connectivity index (χ0) is 9.53. The molecule has 1 aliphatic heterocycles. The molecule has 1 saturated heterocycles. The minimum Gasteiger partial charge on any atom is -0.481 e. The summed E-state index contributed by atoms with van der Waals surface area (Å²) in [5.41, 5.74) is 4.97. The molecule has 13 heavy (non-hydrogen) atoms. The molecule has 2 aliphatic rings. The molecule has 0 aromatic heterocycles. The van der Waals surface area contributed by atoms with Crippen LogP contribution >= 0.6 is 0 Å². The predicted molar refractivity (Wildman–Crippen MR) is 46.3 cm³/mol. The van der Waals surface area contributed by atoms with Gasteiger partial charge in [0.05, 0.1) is 18.6 Å². The number of rotatable bonds is 1. The number of ether oxygens (including phenoxy) is 1. The highest BCUT2D eigenvalue weighted by molar-refractivity contribution is 5.75. The van der Waals surface area contributed by atoms with Crippen LogP contribution in [0.15, 0.2) is 0 Å². The fourth-order valence-electron chi connectivity index (χ4n) is 2.57. The smallest absolute Gasteiger partial charge is 0.312 e. The van der Waals surface area contributed by atoms with Crippen molar-refractivity contribution in [1.82, 2.24) is 0 Å². The van der Waals surface area contributed by atoms with E-state index in [2.05, 4.69) is 0 Å². The SMILES string of the molecule is NC12CCCC(C(=O)O)(COC1)C2. The summed E-state index contributed by atoms with van der Waals surface area (Å²) in [5.74, 6) is -0.748. The molecule has 0 radical (unpaired) electrons. The number of nitrogens with two attached hydrogens (primary N) is 1. The molecular formula is C9H15NO3. The molecule has 3 N–H and O–H groups in total. The Morgan fingerprint density at radius 3 is 2.77 bits per heavy atom. The van der Waals surface area contributed by atoms with Gasteiger partial charge in [-0.2, -0.15) is 0 Å². The topological polar surface area (TPSA) is 72.6 Å². The van der Waals surface area contributed by atoms with Gasteiger partial charge >= 0.3 is 5.97 Å². The number of hydrogen-bond donors (Lipinski definition) is 2. The highest BCUT2D eigenvalue weighted by Gasteiger charge is 2.51. The summed E-state index contributed by atoms with van der Waals surface area (Å²) >= 11 is 0. The van der Waals surface area contributed by atoms with Gasteiger partial charge < -0.3 is 15.6 Å². The summed E-state index contributed by atoms with van der Waals surface area (Å²) in [4.78, 5) is 11.1. The van der Waals surface area contributed by atoms with E-state index in [9.17, 15) is 4.79 Å². The van der Waals surface area contributed by atoms with Gasteiger partial charge in [-0.1, -0.05) is 6.42 Å². The van der Waals surface area contributed by atoms with Crippen molar-refractivity contribution in [3.63, 3.8) is 0 Å². The van der Waals surface area contributed by atoms with Crippen molar-refractivity contribution in [3.8, 4) is 0 Å². The predicted octanol–water partition coefficient (Wildman–Crippen LogP) is 0.359. The van der Waals surface area contributed by atoms with E-state index in [1.165, 1.54) is 0 Å². The summed E-state index contributed by atoms with van der Waals surface area (Å²) in [5, 5.41) is 9.12. The van der Waals surface area contributed by atoms with Gasteiger partial charge in [0.1, 0.15) is 0 Å². The van der Waals surface area contributed by atoms with Gasteiger partial charge in [0, 0.05) is 5.54 Å². The maximum absolute atomic E-state index is 11.1. The van der Waals surface area contributed by atoms with Gasteiger partial charge in [0.25, 0.3) is 0 Å². The number of aliphatic carboxylic acids is 1. The lowest BCUT2D eigenvalue weighted by Gasteiger charge is -2.47. The standard InChI is InChI=1S/C9H15NO3/c10-9-3-1-2-8(4-9,7(11)12)5-13-6-9/h1-6,10H2,(H,11,12). The minimum atomic E-state index is -0.748. The highest BCUT2D eigenvalue weighted by atomic mass is 16.5. The van der Waals surface area contributed by atoms with E-state index in [1.807, 2.05) is 0 Å². The Morgan fingerprint density at radius 2 is 2.15 bits per heavy atom. The lowest BCUT2D eigenvalue weighted by Crippen LogP contribution is -2.59. The van der Waals surface area contributed by atoms with Crippen LogP contribution in [0.2, 0.25) is 0 Å². The molecule has 2 bridgehead atoms. The fourth-order valence-corrected chi connectivity index (χ4v) is 2.57. The van der Waals surface area contributed by atoms with Crippen molar-refractivity contribution >= 4 is 5.97 Å². The van der Waals surface area contributed by atoms with Crippen LogP contribution in [0.3, 0.4) is 0 Å². The van der Waals surface area contributed by atoms with Gasteiger partial charge in [-0.05, 0) is 19.3 Å². The summed E-state index contributed by atoms with van der Waals surface area (Å²) < 4.78 is 5.30. The third kappa shape index (κ3) is 1.34. The molecule has 1 saturated carbocycles. The summed E-state index contributed by atoms with van der Waals surface area (Å²) in [6.45, 7) is 0.851. The van der Waals surface area contributed by atoms with Crippen molar-refractivity contribution in [2.24, 2.45) is 11.1 Å². The first-order chi connectivity index (χ1) is 6.06. The fraction of sp³-hybridized carbons (Fsp3) is 0.889. The van der Waals surface area contributed by atoms with Crippen LogP contribution in [0.25, 0.3) is 0 Å². The molecule has 2 unspecified atom stereocenters. The van der Waals surface area contributed by atoms with Crippen molar-refractivity contribution in [2.75, 3.05) is 13.2 Å². The Morgan fingerprint density at radius 1 is 1.38 bits per heavy atom. The molecule has 2 fully saturated rings. The molecule has 1 aliphatic carbocycles. The molecule has 1 heterocycles. The number of hydrogen-bond acceptors (Lipinski definition) is 3. The second kappa shape index (κ2) is 2.69. The quantitative estimate of drug-likeness (QED) is 0.618. The van der Waals surface area contributed by atoms with Crippen LogP contribution < -0.4 is 5.73 Å². The van der Waals surface area contributed by atoms with Crippen LogP contribution in [0.4, 0.5) is 0 Å². The second-order valence-electron chi connectivity index (χ2n) is 4.47. The number of fused-ring (bicyclic) bond motifs is 2. The first kappa shape index (κ1) is 8.97. The largest absolute Gasteiger partial charge is 0.481 e. The van der Waals surface area contributed by atoms with E-state index < -0.39 is 11.4 Å². The van der Waals surface area contributed by atoms with E-state index in [-0.39, 0.29) is 5.54 Å². The van der Waals surface area contributed by atoms with E-state index in [0.29, 0.717) is 26.1 Å². The lowest BCUT2D eigenvalue weighted by molar-refractivity contribution is -0.167. The molecule has 0 amide bonds. The first-order valence-corrected chi connectivity index (χ1v) is 4.67. The first-order valence-electron chi connectivity index (χ1n) is 4.67. The van der Waals surface area contributed by atoms with E-state index in [0.717, 1.165) is 12.8 Å². The van der Waals surface area contributed by atoms with E-state index >= 15 is 0 Å². The summed E-state index contributed by atoms with van der Waals surface area (Å²) in [7, 11) is 0. The zero-order valence-electron chi connectivity index (χ0n) is 7.58. The lowest BCUT2D eigenvalue weighted by atomic mass is 9.65. The van der Waals surface area contributed by atoms with E-state index in [1.54, 1.807) is 0 Å². The zero-order valence-corrected chi connectivity index (χ0v) is 7.58. The van der Waals surface area contributed by atoms with Gasteiger partial charge in [-0.25, -0.2) is 0 Å². The van der Waals surface area contributed by atoms with Gasteiger partial charge in [0.15, 0.2) is 0 Å². The average molecular weight is 185 g/mol. The molecule has 4 heteroatoms. The molecule has 0 spiro atoms. The van der Waals surface area contributed by atoms with Crippen molar-refractivity contribution in [3.05, 3.63) is 0 Å². The minimum absolute atomic E-state index is 0.335. The second-order valence-corrected chi connectivity index (χ2v) is 4.47. The Labute approximate surface area is 77.1 Å². The maximum atomic E-state index is 11.1. The van der Waals surface area contributed by atoms with Crippen molar-refractivity contribution in [2.45, 2.75) is 31.2 Å². The number of carbonyl (C=O) groups is 1. The number of carboxylic acid groups (broad SMARTS) is 1. The molecule has 0 aromatic carbocycles. The Bertz CT molecular complexity index is 229. The van der Waals surface area contributed by atoms with Crippen LogP contribution in [0.5, 0.6) is 0 Å². The van der Waals surface area contributed by atoms with Crippen molar-refractivity contribution in [1.29, 1.82) is 0 Å². The number of carboxylic acids is 1. The van der Waals surface area contributed by atoms with Crippen LogP contribution in [0, 0.1) is 5.41 Å². The van der Waals surface area contributed by atoms with Crippen LogP contribution in [-0.2, 0) is 9.53 Å². The average Bonchev–Trinajstić information content (AvgIpc) is 2.02. The summed E-state index contributed by atoms with van der Waals surface area (Å²) in [6.07, 6.45) is 3.09. The molecule has 2 rings (SSSR count). The van der Waals surface area contributed by atoms with Crippen LogP contribution in [0.1, 0.15) is 25.7 Å². The summed E-state index contributed by atoms with van der Waals surface area (Å²) in [6, 6.07) is 0. The Balaban J connectivity index is 2.24. The van der Waals surface area contributed by atoms with Gasteiger partial charge in [0.2, 0.25) is 0 Å². The molecular weight excluding hydrogens is 170 g/mol. The Kier molecular flexibility index (Phi) is 1.85. The third-order valence-electron chi connectivity index (χ3n) is 3.24. The van der Waals surface area contributed by atoms with Crippen LogP contribution in [-0.4, -0.2) is 29.8 Å².